The molecule has 1 amide bonds. The van der Waals surface area contributed by atoms with Gasteiger partial charge in [0.1, 0.15) is 6.04 Å². The molecule has 2 atom stereocenters. The molecule has 7 nitrogen and oxygen atoms in total. The number of hydrogen-bond acceptors (Lipinski definition) is 5. The molecule has 162 valence electrons. The smallest absolute Gasteiger partial charge is 0.325 e. The monoisotopic (exact) mass is 424 g/mol. The Morgan fingerprint density at radius 1 is 1.03 bits per heavy atom. The van der Waals surface area contributed by atoms with Gasteiger partial charge in [0.05, 0.1) is 4.90 Å². The molecule has 1 aliphatic rings. The molecule has 29 heavy (non-hydrogen) atoms. The van der Waals surface area contributed by atoms with Crippen molar-refractivity contribution in [2.75, 3.05) is 0 Å². The molecule has 0 aromatic heterocycles. The number of carbonyl (C=O) groups is 2. The Balaban J connectivity index is 2.00. The van der Waals surface area contributed by atoms with E-state index in [0.717, 1.165) is 31.2 Å². The van der Waals surface area contributed by atoms with Crippen LogP contribution in [0.3, 0.4) is 0 Å². The fraction of sp³-hybridized carbons (Fsp3) is 0.619. The van der Waals surface area contributed by atoms with E-state index in [4.69, 9.17) is 4.74 Å². The molecular formula is C21H32N2O5S. The number of nitrogens with one attached hydrogen (secondary N) is 2. The van der Waals surface area contributed by atoms with E-state index in [2.05, 4.69) is 10.0 Å². The summed E-state index contributed by atoms with van der Waals surface area (Å²) in [7, 11) is -3.90. The Morgan fingerprint density at radius 3 is 2.17 bits per heavy atom. The summed E-state index contributed by atoms with van der Waals surface area (Å²) in [6.45, 7) is 6.80. The van der Waals surface area contributed by atoms with Crippen LogP contribution in [0.5, 0.6) is 0 Å². The van der Waals surface area contributed by atoms with Gasteiger partial charge < -0.3 is 10.1 Å². The fourth-order valence-electron chi connectivity index (χ4n) is 3.28. The van der Waals surface area contributed by atoms with Crippen LogP contribution in [0.1, 0.15) is 58.4 Å². The standard InChI is InChI=1S/C21H32N2O5S/c1-14(2)19(23-29(26,27)18-12-10-15(3)11-13-18)21(25)28-16(4)20(24)22-17-8-6-5-7-9-17/h10-14,16-17,19,23H,5-9H2,1-4H3,(H,22,24)/t16-,19-/m1/s1. The predicted molar refractivity (Wildman–Crippen MR) is 111 cm³/mol. The van der Waals surface area contributed by atoms with E-state index in [9.17, 15) is 18.0 Å². The van der Waals surface area contributed by atoms with E-state index in [1.54, 1.807) is 26.0 Å². The summed E-state index contributed by atoms with van der Waals surface area (Å²) in [5, 5.41) is 2.92. The van der Waals surface area contributed by atoms with Gasteiger partial charge in [-0.05, 0) is 44.7 Å². The molecule has 0 heterocycles. The highest BCUT2D eigenvalue weighted by atomic mass is 32.2. The number of hydrogen-bond donors (Lipinski definition) is 2. The number of amides is 1. The van der Waals surface area contributed by atoms with Crippen molar-refractivity contribution >= 4 is 21.9 Å². The predicted octanol–water partition coefficient (Wildman–Crippen LogP) is 2.68. The van der Waals surface area contributed by atoms with Crippen LogP contribution in [0.2, 0.25) is 0 Å². The Labute approximate surface area is 173 Å². The highest BCUT2D eigenvalue weighted by Crippen LogP contribution is 2.18. The average molecular weight is 425 g/mol. The zero-order chi connectivity index (χ0) is 21.6. The Hall–Kier alpha value is -1.93. The van der Waals surface area contributed by atoms with Crippen LogP contribution in [0, 0.1) is 12.8 Å². The molecule has 2 rings (SSSR count). The maximum atomic E-state index is 12.6. The summed E-state index contributed by atoms with van der Waals surface area (Å²) in [5.41, 5.74) is 0.932. The quantitative estimate of drug-likeness (QED) is 0.625. The summed E-state index contributed by atoms with van der Waals surface area (Å²) < 4.78 is 33.0. The van der Waals surface area contributed by atoms with Crippen molar-refractivity contribution in [2.24, 2.45) is 5.92 Å². The molecule has 0 radical (unpaired) electrons. The molecule has 2 N–H and O–H groups in total. The number of rotatable bonds is 8. The first-order valence-electron chi connectivity index (χ1n) is 10.2. The van der Waals surface area contributed by atoms with Gasteiger partial charge in [-0.25, -0.2) is 8.42 Å². The molecule has 1 saturated carbocycles. The molecule has 1 aliphatic carbocycles. The van der Waals surface area contributed by atoms with Gasteiger partial charge >= 0.3 is 5.97 Å². The SMILES string of the molecule is Cc1ccc(S(=O)(=O)N[C@@H](C(=O)O[C@H](C)C(=O)NC2CCCCC2)C(C)C)cc1. The minimum absolute atomic E-state index is 0.0737. The van der Waals surface area contributed by atoms with Crippen LogP contribution in [-0.2, 0) is 24.3 Å². The van der Waals surface area contributed by atoms with Crippen molar-refractivity contribution in [3.05, 3.63) is 29.8 Å². The molecule has 1 aromatic carbocycles. The second-order valence-electron chi connectivity index (χ2n) is 8.08. The molecule has 8 heteroatoms. The van der Waals surface area contributed by atoms with Crippen molar-refractivity contribution in [3.8, 4) is 0 Å². The summed E-state index contributed by atoms with van der Waals surface area (Å²) in [4.78, 5) is 25.1. The van der Waals surface area contributed by atoms with Crippen molar-refractivity contribution in [3.63, 3.8) is 0 Å². The van der Waals surface area contributed by atoms with Crippen molar-refractivity contribution in [1.29, 1.82) is 0 Å². The van der Waals surface area contributed by atoms with Crippen molar-refractivity contribution in [1.82, 2.24) is 10.0 Å². The van der Waals surface area contributed by atoms with E-state index in [-0.39, 0.29) is 22.8 Å². The van der Waals surface area contributed by atoms with Gasteiger partial charge in [-0.15, -0.1) is 0 Å². The van der Waals surface area contributed by atoms with E-state index >= 15 is 0 Å². The van der Waals surface area contributed by atoms with Crippen LogP contribution in [0.15, 0.2) is 29.2 Å². The summed E-state index contributed by atoms with van der Waals surface area (Å²) in [6.07, 6.45) is 4.20. The minimum atomic E-state index is -3.90. The second-order valence-corrected chi connectivity index (χ2v) is 9.79. The molecule has 0 spiro atoms. The van der Waals surface area contributed by atoms with Gasteiger partial charge in [0.25, 0.3) is 5.91 Å². The van der Waals surface area contributed by atoms with E-state index in [1.165, 1.54) is 25.5 Å². The first-order valence-corrected chi connectivity index (χ1v) is 11.7. The summed E-state index contributed by atoms with van der Waals surface area (Å²) in [6, 6.07) is 5.37. The minimum Gasteiger partial charge on any atom is -0.451 e. The summed E-state index contributed by atoms with van der Waals surface area (Å²) in [5.74, 6) is -1.47. The molecule has 0 bridgehead atoms. The lowest BCUT2D eigenvalue weighted by Crippen LogP contribution is -2.48. The topological polar surface area (TPSA) is 102 Å². The maximum absolute atomic E-state index is 12.6. The average Bonchev–Trinajstić information content (AvgIpc) is 2.67. The van der Waals surface area contributed by atoms with Crippen LogP contribution in [0.4, 0.5) is 0 Å². The van der Waals surface area contributed by atoms with Crippen LogP contribution >= 0.6 is 0 Å². The Bertz CT molecular complexity index is 799. The number of ether oxygens (including phenoxy) is 1. The number of esters is 1. The number of carbonyl (C=O) groups excluding carboxylic acids is 2. The summed E-state index contributed by atoms with van der Waals surface area (Å²) >= 11 is 0. The second kappa shape index (κ2) is 10.2. The lowest BCUT2D eigenvalue weighted by Gasteiger charge is -2.26. The van der Waals surface area contributed by atoms with Crippen LogP contribution in [-0.4, -0.2) is 38.5 Å². The molecule has 0 unspecified atom stereocenters. The lowest BCUT2D eigenvalue weighted by atomic mass is 9.95. The Morgan fingerprint density at radius 2 is 1.62 bits per heavy atom. The first-order chi connectivity index (χ1) is 13.6. The van der Waals surface area contributed by atoms with Crippen molar-refractivity contribution < 1.29 is 22.7 Å². The third kappa shape index (κ3) is 6.82. The van der Waals surface area contributed by atoms with Crippen LogP contribution < -0.4 is 10.0 Å². The molecule has 0 saturated heterocycles. The van der Waals surface area contributed by atoms with Gasteiger partial charge in [0.2, 0.25) is 10.0 Å². The number of aryl methyl sites for hydroxylation is 1. The van der Waals surface area contributed by atoms with Crippen molar-refractivity contribution in [2.45, 2.75) is 82.9 Å². The zero-order valence-corrected chi connectivity index (χ0v) is 18.4. The maximum Gasteiger partial charge on any atom is 0.325 e. The van der Waals surface area contributed by atoms with Gasteiger partial charge in [0.15, 0.2) is 6.10 Å². The van der Waals surface area contributed by atoms with Gasteiger partial charge in [0, 0.05) is 6.04 Å². The zero-order valence-electron chi connectivity index (χ0n) is 17.6. The van der Waals surface area contributed by atoms with E-state index in [1.807, 2.05) is 6.92 Å². The van der Waals surface area contributed by atoms with Gasteiger partial charge in [-0.3, -0.25) is 9.59 Å². The fourth-order valence-corrected chi connectivity index (χ4v) is 4.61. The molecule has 1 fully saturated rings. The third-order valence-electron chi connectivity index (χ3n) is 5.15. The lowest BCUT2D eigenvalue weighted by molar-refractivity contribution is -0.157. The third-order valence-corrected chi connectivity index (χ3v) is 6.60. The highest BCUT2D eigenvalue weighted by molar-refractivity contribution is 7.89. The van der Waals surface area contributed by atoms with E-state index in [0.29, 0.717) is 0 Å². The molecule has 0 aliphatic heterocycles. The number of benzene rings is 1. The largest absolute Gasteiger partial charge is 0.451 e. The highest BCUT2D eigenvalue weighted by Gasteiger charge is 2.32. The number of sulfonamides is 1. The molecular weight excluding hydrogens is 392 g/mol. The van der Waals surface area contributed by atoms with E-state index < -0.39 is 28.1 Å². The van der Waals surface area contributed by atoms with Crippen LogP contribution in [0.25, 0.3) is 0 Å². The first kappa shape index (κ1) is 23.3. The molecule has 1 aromatic rings. The Kier molecular flexibility index (Phi) is 8.22. The normalized spacial score (nSPS) is 17.6. The van der Waals surface area contributed by atoms with Gasteiger partial charge in [-0.1, -0.05) is 50.8 Å². The van der Waals surface area contributed by atoms with Gasteiger partial charge in [-0.2, -0.15) is 4.72 Å².